The van der Waals surface area contributed by atoms with E-state index in [1.54, 1.807) is 12.1 Å². The zero-order chi connectivity index (χ0) is 14.6. The van der Waals surface area contributed by atoms with Gasteiger partial charge in [0.05, 0.1) is 0 Å². The Morgan fingerprint density at radius 3 is 2.60 bits per heavy atom. The molecule has 1 aromatic rings. The SMILES string of the molecule is NCC(NC1CCCC1)c1cccc(OC(F)(F)F)c1. The van der Waals surface area contributed by atoms with Gasteiger partial charge in [-0.05, 0) is 30.5 Å². The van der Waals surface area contributed by atoms with Crippen LogP contribution in [0, 0.1) is 0 Å². The van der Waals surface area contributed by atoms with Gasteiger partial charge >= 0.3 is 6.36 Å². The van der Waals surface area contributed by atoms with E-state index in [4.69, 9.17) is 5.73 Å². The van der Waals surface area contributed by atoms with E-state index >= 15 is 0 Å². The van der Waals surface area contributed by atoms with Gasteiger partial charge in [-0.25, -0.2) is 0 Å². The molecule has 3 N–H and O–H groups in total. The monoisotopic (exact) mass is 288 g/mol. The fourth-order valence-corrected chi connectivity index (χ4v) is 2.61. The Balaban J connectivity index is 2.06. The van der Waals surface area contributed by atoms with Crippen LogP contribution >= 0.6 is 0 Å². The molecule has 0 aliphatic heterocycles. The molecule has 0 heterocycles. The summed E-state index contributed by atoms with van der Waals surface area (Å²) in [5.74, 6) is -0.207. The van der Waals surface area contributed by atoms with Crippen molar-refractivity contribution >= 4 is 0 Å². The second kappa shape index (κ2) is 6.45. The topological polar surface area (TPSA) is 47.3 Å². The van der Waals surface area contributed by atoms with Crippen molar-refractivity contribution in [1.29, 1.82) is 0 Å². The van der Waals surface area contributed by atoms with Gasteiger partial charge in [-0.1, -0.05) is 25.0 Å². The van der Waals surface area contributed by atoms with E-state index < -0.39 is 6.36 Å². The Bertz CT molecular complexity index is 431. The maximum Gasteiger partial charge on any atom is 0.573 e. The van der Waals surface area contributed by atoms with Gasteiger partial charge in [0.1, 0.15) is 5.75 Å². The van der Waals surface area contributed by atoms with Crippen molar-refractivity contribution in [2.45, 2.75) is 44.1 Å². The third-order valence-corrected chi connectivity index (χ3v) is 3.52. The lowest BCUT2D eigenvalue weighted by molar-refractivity contribution is -0.274. The standard InChI is InChI=1S/C14H19F3N2O/c15-14(16,17)20-12-7-3-4-10(8-12)13(9-18)19-11-5-1-2-6-11/h3-4,7-8,11,13,19H,1-2,5-6,9,18H2. The van der Waals surface area contributed by atoms with Crippen molar-refractivity contribution in [2.75, 3.05) is 6.54 Å². The van der Waals surface area contributed by atoms with Gasteiger partial charge in [-0.2, -0.15) is 0 Å². The summed E-state index contributed by atoms with van der Waals surface area (Å²) in [4.78, 5) is 0. The Morgan fingerprint density at radius 2 is 2.00 bits per heavy atom. The molecule has 3 nitrogen and oxygen atoms in total. The first-order valence-electron chi connectivity index (χ1n) is 6.80. The van der Waals surface area contributed by atoms with Gasteiger partial charge in [0, 0.05) is 18.6 Å². The quantitative estimate of drug-likeness (QED) is 0.875. The Hall–Kier alpha value is -1.27. The maximum absolute atomic E-state index is 12.2. The molecule has 1 aromatic carbocycles. The molecule has 0 spiro atoms. The van der Waals surface area contributed by atoms with Gasteiger partial charge in [-0.15, -0.1) is 13.2 Å². The van der Waals surface area contributed by atoms with Gasteiger partial charge in [0.2, 0.25) is 0 Å². The van der Waals surface area contributed by atoms with E-state index in [0.29, 0.717) is 12.6 Å². The molecule has 6 heteroatoms. The molecule has 0 bridgehead atoms. The fraction of sp³-hybridized carbons (Fsp3) is 0.571. The number of benzene rings is 1. The van der Waals surface area contributed by atoms with Gasteiger partial charge in [0.25, 0.3) is 0 Å². The summed E-state index contributed by atoms with van der Waals surface area (Å²) in [7, 11) is 0. The van der Waals surface area contributed by atoms with Crippen LogP contribution in [-0.4, -0.2) is 18.9 Å². The lowest BCUT2D eigenvalue weighted by atomic mass is 10.1. The predicted octanol–water partition coefficient (Wildman–Crippen LogP) is 3.12. The van der Waals surface area contributed by atoms with Crippen LogP contribution in [0.15, 0.2) is 24.3 Å². The zero-order valence-corrected chi connectivity index (χ0v) is 11.1. The molecule has 1 unspecified atom stereocenters. The lowest BCUT2D eigenvalue weighted by Gasteiger charge is -2.22. The van der Waals surface area contributed by atoms with E-state index in [9.17, 15) is 13.2 Å². The van der Waals surface area contributed by atoms with Crippen molar-refractivity contribution in [1.82, 2.24) is 5.32 Å². The molecule has 0 radical (unpaired) electrons. The van der Waals surface area contributed by atoms with Crippen LogP contribution < -0.4 is 15.8 Å². The van der Waals surface area contributed by atoms with Crippen molar-refractivity contribution in [3.63, 3.8) is 0 Å². The van der Waals surface area contributed by atoms with Crippen LogP contribution in [0.2, 0.25) is 0 Å². The van der Waals surface area contributed by atoms with Crippen molar-refractivity contribution in [2.24, 2.45) is 5.73 Å². The number of ether oxygens (including phenoxy) is 1. The second-order valence-corrected chi connectivity index (χ2v) is 5.06. The molecule has 0 saturated heterocycles. The first-order chi connectivity index (χ1) is 9.48. The number of hydrogen-bond donors (Lipinski definition) is 2. The van der Waals surface area contributed by atoms with Gasteiger partial charge in [-0.3, -0.25) is 0 Å². The molecular formula is C14H19F3N2O. The van der Waals surface area contributed by atoms with Crippen molar-refractivity contribution in [3.8, 4) is 5.75 Å². The zero-order valence-electron chi connectivity index (χ0n) is 11.1. The molecule has 0 amide bonds. The molecule has 1 atom stereocenters. The van der Waals surface area contributed by atoms with Crippen molar-refractivity contribution in [3.05, 3.63) is 29.8 Å². The highest BCUT2D eigenvalue weighted by atomic mass is 19.4. The molecule has 1 aliphatic rings. The van der Waals surface area contributed by atoms with E-state index in [-0.39, 0.29) is 11.8 Å². The fourth-order valence-electron chi connectivity index (χ4n) is 2.61. The molecular weight excluding hydrogens is 269 g/mol. The summed E-state index contributed by atoms with van der Waals surface area (Å²) >= 11 is 0. The number of nitrogens with one attached hydrogen (secondary N) is 1. The number of halogens is 3. The highest BCUT2D eigenvalue weighted by Crippen LogP contribution is 2.27. The molecule has 0 aromatic heterocycles. The summed E-state index contributed by atoms with van der Waals surface area (Å²) in [6, 6.07) is 6.26. The van der Waals surface area contributed by atoms with Gasteiger partial charge < -0.3 is 15.8 Å². The minimum absolute atomic E-state index is 0.144. The summed E-state index contributed by atoms with van der Waals surface area (Å²) in [5, 5.41) is 3.41. The summed E-state index contributed by atoms with van der Waals surface area (Å²) < 4.78 is 40.6. The number of alkyl halides is 3. The van der Waals surface area contributed by atoms with E-state index in [0.717, 1.165) is 18.4 Å². The third kappa shape index (κ3) is 4.38. The number of rotatable bonds is 5. The van der Waals surface area contributed by atoms with Crippen LogP contribution in [0.3, 0.4) is 0 Å². The predicted molar refractivity (Wildman–Crippen MR) is 70.3 cm³/mol. The number of nitrogens with two attached hydrogens (primary N) is 1. The molecule has 20 heavy (non-hydrogen) atoms. The average Bonchev–Trinajstić information content (AvgIpc) is 2.87. The van der Waals surface area contributed by atoms with Crippen molar-refractivity contribution < 1.29 is 17.9 Å². The Kier molecular flexibility index (Phi) is 4.88. The maximum atomic E-state index is 12.2. The minimum atomic E-state index is -4.67. The molecule has 1 aliphatic carbocycles. The average molecular weight is 288 g/mol. The lowest BCUT2D eigenvalue weighted by Crippen LogP contribution is -2.35. The Morgan fingerprint density at radius 1 is 1.30 bits per heavy atom. The van der Waals surface area contributed by atoms with Crippen LogP contribution in [0.25, 0.3) is 0 Å². The normalized spacial score (nSPS) is 18.2. The highest BCUT2D eigenvalue weighted by molar-refractivity contribution is 5.31. The third-order valence-electron chi connectivity index (χ3n) is 3.52. The summed E-state index contributed by atoms with van der Waals surface area (Å²) in [5.41, 5.74) is 6.46. The second-order valence-electron chi connectivity index (χ2n) is 5.06. The largest absolute Gasteiger partial charge is 0.573 e. The molecule has 1 fully saturated rings. The van der Waals surface area contributed by atoms with E-state index in [1.807, 2.05) is 0 Å². The van der Waals surface area contributed by atoms with Gasteiger partial charge in [0.15, 0.2) is 0 Å². The first-order valence-corrected chi connectivity index (χ1v) is 6.80. The first kappa shape index (κ1) is 15.1. The summed E-state index contributed by atoms with van der Waals surface area (Å²) in [6.45, 7) is 0.339. The Labute approximate surface area is 116 Å². The van der Waals surface area contributed by atoms with E-state index in [1.165, 1.54) is 25.0 Å². The molecule has 112 valence electrons. The van der Waals surface area contributed by atoms with Crippen LogP contribution in [-0.2, 0) is 0 Å². The highest BCUT2D eigenvalue weighted by Gasteiger charge is 2.31. The van der Waals surface area contributed by atoms with Crippen LogP contribution in [0.4, 0.5) is 13.2 Å². The minimum Gasteiger partial charge on any atom is -0.406 e. The number of hydrogen-bond acceptors (Lipinski definition) is 3. The van der Waals surface area contributed by atoms with Crippen LogP contribution in [0.1, 0.15) is 37.3 Å². The molecule has 1 saturated carbocycles. The van der Waals surface area contributed by atoms with E-state index in [2.05, 4.69) is 10.1 Å². The molecule has 2 rings (SSSR count). The van der Waals surface area contributed by atoms with Crippen LogP contribution in [0.5, 0.6) is 5.75 Å². The smallest absolute Gasteiger partial charge is 0.406 e. The summed E-state index contributed by atoms with van der Waals surface area (Å²) in [6.07, 6.45) is -0.113.